The first-order valence-electron chi connectivity index (χ1n) is 5.70. The zero-order valence-electron chi connectivity index (χ0n) is 10.4. The highest BCUT2D eigenvalue weighted by Gasteiger charge is 2.37. The van der Waals surface area contributed by atoms with Crippen LogP contribution in [0.15, 0.2) is 11.6 Å². The lowest BCUT2D eigenvalue weighted by molar-refractivity contribution is -0.149. The third-order valence-corrected chi connectivity index (χ3v) is 3.25. The number of allylic oxidation sites excluding steroid dienone is 2. The quantitative estimate of drug-likeness (QED) is 0.411. The molecule has 3 heteroatoms. The third kappa shape index (κ3) is 2.94. The fourth-order valence-corrected chi connectivity index (χ4v) is 2.75. The summed E-state index contributed by atoms with van der Waals surface area (Å²) in [7, 11) is 0. The molecule has 0 aromatic heterocycles. The summed E-state index contributed by atoms with van der Waals surface area (Å²) in [5.41, 5.74) is 1.09. The van der Waals surface area contributed by atoms with Crippen LogP contribution >= 0.6 is 0 Å². The average molecular weight is 224 g/mol. The Labute approximate surface area is 96.9 Å². The van der Waals surface area contributed by atoms with Gasteiger partial charge in [-0.15, -0.1) is 0 Å². The molecule has 0 aliphatic heterocycles. The number of esters is 1. The number of ether oxygens (including phenoxy) is 1. The maximum atomic E-state index is 10.9. The summed E-state index contributed by atoms with van der Waals surface area (Å²) in [6.45, 7) is 7.70. The van der Waals surface area contributed by atoms with Crippen LogP contribution in [0.3, 0.4) is 0 Å². The van der Waals surface area contributed by atoms with E-state index in [1.165, 1.54) is 6.92 Å². The molecule has 90 valence electrons. The van der Waals surface area contributed by atoms with Crippen molar-refractivity contribution in [3.63, 3.8) is 0 Å². The summed E-state index contributed by atoms with van der Waals surface area (Å²) in [6, 6.07) is 0. The standard InChI is InChI=1S/C13H20O3/c1-9-7-11(16-10(2)15)8-13(3,4)12(9)5-6-14/h5-6,9,11H,7-8H2,1-4H3. The van der Waals surface area contributed by atoms with E-state index >= 15 is 0 Å². The number of hydrogen-bond donors (Lipinski definition) is 0. The van der Waals surface area contributed by atoms with Crippen molar-refractivity contribution in [2.75, 3.05) is 0 Å². The Morgan fingerprint density at radius 3 is 2.56 bits per heavy atom. The van der Waals surface area contributed by atoms with Crippen LogP contribution in [0.4, 0.5) is 0 Å². The molecule has 1 aliphatic rings. The maximum Gasteiger partial charge on any atom is 0.302 e. The molecule has 1 rings (SSSR count). The lowest BCUT2D eigenvalue weighted by Gasteiger charge is -2.41. The van der Waals surface area contributed by atoms with Crippen molar-refractivity contribution >= 4 is 12.3 Å². The van der Waals surface area contributed by atoms with E-state index in [2.05, 4.69) is 20.8 Å². The molecule has 1 aliphatic carbocycles. The first kappa shape index (κ1) is 12.9. The molecule has 0 aromatic carbocycles. The second-order valence-electron chi connectivity index (χ2n) is 5.21. The van der Waals surface area contributed by atoms with Crippen molar-refractivity contribution < 1.29 is 14.3 Å². The topological polar surface area (TPSA) is 43.4 Å². The van der Waals surface area contributed by atoms with E-state index in [4.69, 9.17) is 4.74 Å². The van der Waals surface area contributed by atoms with Gasteiger partial charge in [-0.1, -0.05) is 26.3 Å². The van der Waals surface area contributed by atoms with E-state index in [0.717, 1.165) is 24.7 Å². The second-order valence-corrected chi connectivity index (χ2v) is 5.21. The first-order chi connectivity index (χ1) is 7.36. The van der Waals surface area contributed by atoms with Crippen molar-refractivity contribution in [3.05, 3.63) is 11.6 Å². The summed E-state index contributed by atoms with van der Waals surface area (Å²) in [6.07, 6.45) is 4.08. The van der Waals surface area contributed by atoms with Gasteiger partial charge in [0, 0.05) is 6.92 Å². The molecule has 0 radical (unpaired) electrons. The lowest BCUT2D eigenvalue weighted by Crippen LogP contribution is -2.35. The van der Waals surface area contributed by atoms with Gasteiger partial charge in [-0.05, 0) is 30.3 Å². The molecule has 0 bridgehead atoms. The van der Waals surface area contributed by atoms with Crippen LogP contribution < -0.4 is 0 Å². The third-order valence-electron chi connectivity index (χ3n) is 3.25. The van der Waals surface area contributed by atoms with Crippen LogP contribution in [0.2, 0.25) is 0 Å². The second kappa shape index (κ2) is 4.81. The molecule has 0 heterocycles. The number of carbonyl (C=O) groups is 2. The average Bonchev–Trinajstić information content (AvgIpc) is 2.09. The molecule has 3 nitrogen and oxygen atoms in total. The first-order valence-corrected chi connectivity index (χ1v) is 5.70. The largest absolute Gasteiger partial charge is 0.463 e. The zero-order chi connectivity index (χ0) is 12.3. The van der Waals surface area contributed by atoms with Crippen LogP contribution in [-0.2, 0) is 14.3 Å². The summed E-state index contributed by atoms with van der Waals surface area (Å²) >= 11 is 0. The fourth-order valence-electron chi connectivity index (χ4n) is 2.75. The molecule has 2 atom stereocenters. The Hall–Kier alpha value is -1.12. The van der Waals surface area contributed by atoms with Gasteiger partial charge in [0.25, 0.3) is 0 Å². The minimum absolute atomic E-state index is 0.0219. The van der Waals surface area contributed by atoms with Gasteiger partial charge in [-0.25, -0.2) is 0 Å². The molecule has 16 heavy (non-hydrogen) atoms. The van der Waals surface area contributed by atoms with E-state index < -0.39 is 0 Å². The molecule has 2 unspecified atom stereocenters. The normalized spacial score (nSPS) is 31.1. The zero-order valence-corrected chi connectivity index (χ0v) is 10.4. The highest BCUT2D eigenvalue weighted by atomic mass is 16.5. The number of carbonyl (C=O) groups excluding carboxylic acids is 2. The van der Waals surface area contributed by atoms with E-state index in [-0.39, 0.29) is 17.5 Å². The van der Waals surface area contributed by atoms with Crippen LogP contribution in [0.5, 0.6) is 0 Å². The van der Waals surface area contributed by atoms with Crippen molar-refractivity contribution in [2.24, 2.45) is 11.3 Å². The van der Waals surface area contributed by atoms with Gasteiger partial charge in [0.1, 0.15) is 12.4 Å². The highest BCUT2D eigenvalue weighted by molar-refractivity contribution is 5.67. The molecular formula is C13H20O3. The van der Waals surface area contributed by atoms with E-state index in [1.807, 2.05) is 0 Å². The smallest absolute Gasteiger partial charge is 0.302 e. The summed E-state index contributed by atoms with van der Waals surface area (Å²) < 4.78 is 5.27. The number of hydrogen-bond acceptors (Lipinski definition) is 3. The molecule has 1 fully saturated rings. The lowest BCUT2D eigenvalue weighted by atomic mass is 9.67. The predicted molar refractivity (Wildman–Crippen MR) is 61.9 cm³/mol. The van der Waals surface area contributed by atoms with Crippen LogP contribution in [0, 0.1) is 11.3 Å². The maximum absolute atomic E-state index is 10.9. The van der Waals surface area contributed by atoms with E-state index in [0.29, 0.717) is 5.92 Å². The summed E-state index contributed by atoms with van der Waals surface area (Å²) in [4.78, 5) is 21.5. The van der Waals surface area contributed by atoms with Gasteiger partial charge in [-0.2, -0.15) is 0 Å². The minimum Gasteiger partial charge on any atom is -0.463 e. The van der Waals surface area contributed by atoms with Gasteiger partial charge in [0.05, 0.1) is 0 Å². The van der Waals surface area contributed by atoms with Gasteiger partial charge >= 0.3 is 5.97 Å². The van der Waals surface area contributed by atoms with Crippen molar-refractivity contribution in [1.29, 1.82) is 0 Å². The van der Waals surface area contributed by atoms with E-state index in [9.17, 15) is 9.59 Å². The Kier molecular flexibility index (Phi) is 3.89. The Bertz CT molecular complexity index is 315. The monoisotopic (exact) mass is 224 g/mol. The summed E-state index contributed by atoms with van der Waals surface area (Å²) in [5, 5.41) is 0. The van der Waals surface area contributed by atoms with Gasteiger partial charge in [0.15, 0.2) is 0 Å². The molecule has 0 saturated heterocycles. The molecular weight excluding hydrogens is 204 g/mol. The highest BCUT2D eigenvalue weighted by Crippen LogP contribution is 2.44. The molecule has 0 amide bonds. The predicted octanol–water partition coefficient (Wildman–Crippen LogP) is 2.50. The molecule has 0 N–H and O–H groups in total. The summed E-state index contributed by atoms with van der Waals surface area (Å²) in [5.74, 6) is 0.0640. The number of rotatable bonds is 2. The van der Waals surface area contributed by atoms with Gasteiger partial charge in [0.2, 0.25) is 0 Å². The Morgan fingerprint density at radius 2 is 2.12 bits per heavy atom. The number of aldehydes is 1. The molecule has 0 aromatic rings. The van der Waals surface area contributed by atoms with E-state index in [1.54, 1.807) is 6.08 Å². The van der Waals surface area contributed by atoms with Gasteiger partial charge in [-0.3, -0.25) is 9.59 Å². The SMILES string of the molecule is CC(=O)OC1CC(C)C(=CC=O)C(C)(C)C1. The van der Waals surface area contributed by atoms with Crippen LogP contribution in [-0.4, -0.2) is 18.4 Å². The fraction of sp³-hybridized carbons (Fsp3) is 0.692. The Morgan fingerprint density at radius 1 is 1.50 bits per heavy atom. The molecule has 1 saturated carbocycles. The van der Waals surface area contributed by atoms with Crippen molar-refractivity contribution in [2.45, 2.75) is 46.6 Å². The van der Waals surface area contributed by atoms with Gasteiger partial charge < -0.3 is 4.74 Å². The minimum atomic E-state index is -0.226. The Balaban J connectivity index is 2.83. The van der Waals surface area contributed by atoms with Crippen LogP contribution in [0.25, 0.3) is 0 Å². The molecule has 0 spiro atoms. The van der Waals surface area contributed by atoms with Crippen molar-refractivity contribution in [3.8, 4) is 0 Å². The van der Waals surface area contributed by atoms with Crippen LogP contribution in [0.1, 0.15) is 40.5 Å². The van der Waals surface area contributed by atoms with Crippen molar-refractivity contribution in [1.82, 2.24) is 0 Å².